The molecule has 0 saturated carbocycles. The van der Waals surface area contributed by atoms with Gasteiger partial charge in [0.15, 0.2) is 11.4 Å². The lowest BCUT2D eigenvalue weighted by Gasteiger charge is -2.41. The highest BCUT2D eigenvalue weighted by Crippen LogP contribution is 2.42. The number of hydrogen-bond donors (Lipinski definition) is 1. The second-order valence-electron chi connectivity index (χ2n) is 7.75. The van der Waals surface area contributed by atoms with Crippen molar-refractivity contribution in [3.05, 3.63) is 64.9 Å². The minimum atomic E-state index is -4.71. The van der Waals surface area contributed by atoms with Crippen LogP contribution >= 0.6 is 0 Å². The molecule has 164 valence electrons. The molecular formula is C21H19F4N3O3. The first-order valence-electron chi connectivity index (χ1n) is 9.58. The Bertz CT molecular complexity index is 1140. The highest BCUT2D eigenvalue weighted by Gasteiger charge is 2.46. The van der Waals surface area contributed by atoms with Crippen LogP contribution in [0.15, 0.2) is 36.8 Å². The van der Waals surface area contributed by atoms with Gasteiger partial charge in [0.1, 0.15) is 5.82 Å². The van der Waals surface area contributed by atoms with Crippen LogP contribution in [0.4, 0.5) is 17.6 Å². The van der Waals surface area contributed by atoms with Gasteiger partial charge >= 0.3 is 6.18 Å². The molecule has 1 N–H and O–H groups in total. The number of nitrogens with zero attached hydrogens (tertiary/aromatic N) is 3. The summed E-state index contributed by atoms with van der Waals surface area (Å²) < 4.78 is 60.5. The van der Waals surface area contributed by atoms with E-state index in [2.05, 4.69) is 10.1 Å². The number of hydrogen-bond acceptors (Lipinski definition) is 5. The van der Waals surface area contributed by atoms with E-state index in [0.29, 0.717) is 11.7 Å². The molecule has 0 aliphatic carbocycles. The number of rotatable bonds is 4. The minimum Gasteiger partial charge on any atom is -0.390 e. The van der Waals surface area contributed by atoms with E-state index in [9.17, 15) is 27.5 Å². The summed E-state index contributed by atoms with van der Waals surface area (Å²) in [4.78, 5) is 17.4. The fraction of sp³-hybridized carbons (Fsp3) is 0.381. The summed E-state index contributed by atoms with van der Waals surface area (Å²) in [5.74, 6) is -1.58. The highest BCUT2D eigenvalue weighted by molar-refractivity contribution is 6.02. The van der Waals surface area contributed by atoms with Gasteiger partial charge in [-0.15, -0.1) is 0 Å². The number of carbonyl (C=O) groups is 1. The number of benzene rings is 1. The van der Waals surface area contributed by atoms with Gasteiger partial charge in [-0.1, -0.05) is 6.07 Å². The lowest BCUT2D eigenvalue weighted by Crippen LogP contribution is -2.49. The number of alkyl halides is 3. The molecule has 1 fully saturated rings. The van der Waals surface area contributed by atoms with Crippen molar-refractivity contribution in [2.75, 3.05) is 13.2 Å². The lowest BCUT2D eigenvalue weighted by atomic mass is 9.68. The fourth-order valence-electron chi connectivity index (χ4n) is 4.03. The van der Waals surface area contributed by atoms with Crippen LogP contribution in [-0.4, -0.2) is 44.8 Å². The molecule has 0 bridgehead atoms. The molecule has 1 saturated heterocycles. The Balaban J connectivity index is 1.76. The third kappa shape index (κ3) is 3.81. The van der Waals surface area contributed by atoms with Crippen LogP contribution in [-0.2, 0) is 16.3 Å². The summed E-state index contributed by atoms with van der Waals surface area (Å²) >= 11 is 0. The minimum absolute atomic E-state index is 0.0634. The van der Waals surface area contributed by atoms with Crippen molar-refractivity contribution in [3.8, 4) is 0 Å². The van der Waals surface area contributed by atoms with Crippen LogP contribution in [0.25, 0.3) is 5.65 Å². The lowest BCUT2D eigenvalue weighted by molar-refractivity contribution is -0.137. The van der Waals surface area contributed by atoms with E-state index in [-0.39, 0.29) is 37.2 Å². The van der Waals surface area contributed by atoms with Gasteiger partial charge in [0, 0.05) is 30.8 Å². The predicted molar refractivity (Wildman–Crippen MR) is 101 cm³/mol. The zero-order valence-corrected chi connectivity index (χ0v) is 16.5. The number of aliphatic hydroxyl groups is 1. The maximum Gasteiger partial charge on any atom is 0.416 e. The van der Waals surface area contributed by atoms with Gasteiger partial charge in [-0.3, -0.25) is 4.79 Å². The zero-order chi connectivity index (χ0) is 22.4. The summed E-state index contributed by atoms with van der Waals surface area (Å²) in [6.45, 7) is 1.77. The number of Topliss-reactive ketones (excluding diaryl/α,β-unsaturated/α-hetero) is 1. The Morgan fingerprint density at radius 2 is 2.13 bits per heavy atom. The molecule has 2 aromatic heterocycles. The Morgan fingerprint density at radius 3 is 2.81 bits per heavy atom. The van der Waals surface area contributed by atoms with Crippen molar-refractivity contribution < 1.29 is 32.2 Å². The van der Waals surface area contributed by atoms with Crippen LogP contribution < -0.4 is 0 Å². The average molecular weight is 437 g/mol. The first-order chi connectivity index (χ1) is 14.6. The van der Waals surface area contributed by atoms with E-state index < -0.39 is 34.9 Å². The van der Waals surface area contributed by atoms with Gasteiger partial charge in [0.25, 0.3) is 0 Å². The molecule has 1 aliphatic heterocycles. The van der Waals surface area contributed by atoms with Gasteiger partial charge in [-0.2, -0.15) is 18.3 Å². The number of aryl methyl sites for hydroxylation is 1. The number of halogens is 4. The van der Waals surface area contributed by atoms with Gasteiger partial charge in [0.2, 0.25) is 0 Å². The summed E-state index contributed by atoms with van der Waals surface area (Å²) in [7, 11) is 0. The van der Waals surface area contributed by atoms with Crippen LogP contribution in [0, 0.1) is 12.7 Å². The van der Waals surface area contributed by atoms with Crippen LogP contribution in [0.3, 0.4) is 0 Å². The summed E-state index contributed by atoms with van der Waals surface area (Å²) in [6.07, 6.45) is -1.67. The summed E-state index contributed by atoms with van der Waals surface area (Å²) in [6, 6.07) is 2.15. The molecule has 0 spiro atoms. The van der Waals surface area contributed by atoms with Gasteiger partial charge in [0.05, 0.1) is 30.0 Å². The number of ether oxygens (including phenoxy) is 1. The number of carbonyl (C=O) groups excluding carboxylic acids is 1. The molecule has 0 unspecified atom stereocenters. The number of fused-ring (bicyclic) bond motifs is 1. The standard InChI is InChI=1S/C21H19F4N3O3/c1-12-8-26-19-14(9-27-28(19)10-12)17(29)7-20(4-5-31-11-18(20)30)15-3-2-13(6-16(15)22)21(23,24)25/h2-3,6,8-10,18,30H,4-5,7,11H2,1H3/t18-,20+/m0/s1. The quantitative estimate of drug-likeness (QED) is 0.500. The molecule has 3 aromatic rings. The number of ketones is 1. The molecule has 3 heterocycles. The number of aromatic nitrogens is 3. The largest absolute Gasteiger partial charge is 0.416 e. The Kier molecular flexibility index (Phi) is 5.30. The maximum absolute atomic E-state index is 14.9. The Labute approximate surface area is 174 Å². The molecule has 6 nitrogen and oxygen atoms in total. The third-order valence-electron chi connectivity index (χ3n) is 5.70. The molecule has 1 aromatic carbocycles. The van der Waals surface area contributed by atoms with Crippen molar-refractivity contribution in [3.63, 3.8) is 0 Å². The molecule has 0 radical (unpaired) electrons. The SMILES string of the molecule is Cc1cnc2c(C(=O)C[C@@]3(c4ccc(C(F)(F)F)cc4F)CCOC[C@@H]3O)cnn2c1. The molecule has 2 atom stereocenters. The Morgan fingerprint density at radius 1 is 1.35 bits per heavy atom. The smallest absolute Gasteiger partial charge is 0.390 e. The molecule has 4 rings (SSSR count). The first-order valence-corrected chi connectivity index (χ1v) is 9.58. The number of aliphatic hydroxyl groups excluding tert-OH is 1. The van der Waals surface area contributed by atoms with E-state index in [4.69, 9.17) is 4.74 Å². The van der Waals surface area contributed by atoms with Crippen molar-refractivity contribution in [1.82, 2.24) is 14.6 Å². The molecule has 0 amide bonds. The third-order valence-corrected chi connectivity index (χ3v) is 5.70. The van der Waals surface area contributed by atoms with Crippen molar-refractivity contribution in [1.29, 1.82) is 0 Å². The summed E-state index contributed by atoms with van der Waals surface area (Å²) in [5.41, 5.74) is -1.41. The van der Waals surface area contributed by atoms with Gasteiger partial charge in [-0.25, -0.2) is 13.9 Å². The van der Waals surface area contributed by atoms with E-state index in [1.165, 1.54) is 10.7 Å². The second-order valence-corrected chi connectivity index (χ2v) is 7.75. The van der Waals surface area contributed by atoms with Crippen LogP contribution in [0.5, 0.6) is 0 Å². The second kappa shape index (κ2) is 7.69. The maximum atomic E-state index is 14.9. The normalized spacial score (nSPS) is 22.1. The van der Waals surface area contributed by atoms with Crippen LogP contribution in [0.1, 0.15) is 39.9 Å². The monoisotopic (exact) mass is 437 g/mol. The molecule has 1 aliphatic rings. The zero-order valence-electron chi connectivity index (χ0n) is 16.5. The fourth-order valence-corrected chi connectivity index (χ4v) is 4.03. The Hall–Kier alpha value is -2.85. The molecule has 31 heavy (non-hydrogen) atoms. The van der Waals surface area contributed by atoms with Crippen molar-refractivity contribution in [2.45, 2.75) is 37.5 Å². The molecule has 10 heteroatoms. The topological polar surface area (TPSA) is 76.7 Å². The van der Waals surface area contributed by atoms with Gasteiger partial charge < -0.3 is 9.84 Å². The van der Waals surface area contributed by atoms with Crippen molar-refractivity contribution >= 4 is 11.4 Å². The van der Waals surface area contributed by atoms with Crippen LogP contribution in [0.2, 0.25) is 0 Å². The highest BCUT2D eigenvalue weighted by atomic mass is 19.4. The summed E-state index contributed by atoms with van der Waals surface area (Å²) in [5, 5.41) is 14.8. The first kappa shape index (κ1) is 21.4. The van der Waals surface area contributed by atoms with E-state index in [1.54, 1.807) is 12.4 Å². The van der Waals surface area contributed by atoms with E-state index in [1.807, 2.05) is 6.92 Å². The van der Waals surface area contributed by atoms with Crippen molar-refractivity contribution in [2.24, 2.45) is 0 Å². The van der Waals surface area contributed by atoms with E-state index in [0.717, 1.165) is 17.7 Å². The average Bonchev–Trinajstić information content (AvgIpc) is 3.12. The predicted octanol–water partition coefficient (Wildman–Crippen LogP) is 3.49. The molecular weight excluding hydrogens is 418 g/mol. The van der Waals surface area contributed by atoms with Gasteiger partial charge in [-0.05, 0) is 36.6 Å². The van der Waals surface area contributed by atoms with E-state index >= 15 is 0 Å².